The number of anilines is 1. The molecule has 0 fully saturated rings. The van der Waals surface area contributed by atoms with E-state index >= 15 is 0 Å². The Kier molecular flexibility index (Phi) is 6.98. The minimum atomic E-state index is -0.286. The lowest BCUT2D eigenvalue weighted by Gasteiger charge is -2.37. The van der Waals surface area contributed by atoms with Gasteiger partial charge in [0.2, 0.25) is 0 Å². The average molecular weight is 570 g/mol. The third-order valence-corrected chi connectivity index (χ3v) is 9.57. The number of benzene rings is 6. The molecule has 1 atom stereocenters. The van der Waals surface area contributed by atoms with Crippen LogP contribution in [-0.4, -0.2) is 0 Å². The molecule has 6 aromatic rings. The van der Waals surface area contributed by atoms with E-state index in [-0.39, 0.29) is 5.41 Å². The number of allylic oxidation sites excluding steroid dienone is 1. The highest BCUT2D eigenvalue weighted by atomic mass is 14.5. The van der Waals surface area contributed by atoms with Gasteiger partial charge in [-0.2, -0.15) is 0 Å². The summed E-state index contributed by atoms with van der Waals surface area (Å²) in [6.07, 6.45) is 6.63. The van der Waals surface area contributed by atoms with Gasteiger partial charge in [-0.3, -0.25) is 0 Å². The quantitative estimate of drug-likeness (QED) is 0.205. The summed E-state index contributed by atoms with van der Waals surface area (Å²) in [4.78, 5) is 0. The molecule has 1 heteroatoms. The van der Waals surface area contributed by atoms with Crippen LogP contribution in [0.25, 0.3) is 28.0 Å². The van der Waals surface area contributed by atoms with E-state index in [1.807, 2.05) is 12.1 Å². The first kappa shape index (κ1) is 27.9. The lowest BCUT2D eigenvalue weighted by Crippen LogP contribution is -2.31. The first-order valence-corrected chi connectivity index (χ1v) is 15.6. The Hall–Kier alpha value is -4.88. The molecule has 7 rings (SSSR count). The van der Waals surface area contributed by atoms with E-state index in [4.69, 9.17) is 5.73 Å². The van der Waals surface area contributed by atoms with E-state index in [0.29, 0.717) is 0 Å². The molecule has 0 heterocycles. The van der Waals surface area contributed by atoms with E-state index in [2.05, 4.69) is 143 Å². The largest absolute Gasteiger partial charge is 0.399 e. The molecule has 1 nitrogen and oxygen atoms in total. The van der Waals surface area contributed by atoms with Crippen molar-refractivity contribution in [1.82, 2.24) is 0 Å². The smallest absolute Gasteiger partial charge is 0.0425 e. The Labute approximate surface area is 261 Å². The van der Waals surface area contributed by atoms with Gasteiger partial charge >= 0.3 is 0 Å². The molecular formula is C43H39N. The molecule has 1 aliphatic carbocycles. The Morgan fingerprint density at radius 3 is 1.95 bits per heavy atom. The van der Waals surface area contributed by atoms with Crippen molar-refractivity contribution in [3.05, 3.63) is 177 Å². The van der Waals surface area contributed by atoms with Crippen molar-refractivity contribution in [2.24, 2.45) is 0 Å². The van der Waals surface area contributed by atoms with E-state index in [1.165, 1.54) is 77.5 Å². The summed E-state index contributed by atoms with van der Waals surface area (Å²) in [5.74, 6) is 0. The molecule has 0 amide bonds. The van der Waals surface area contributed by atoms with Crippen LogP contribution in [0.2, 0.25) is 0 Å². The van der Waals surface area contributed by atoms with Crippen LogP contribution in [0.4, 0.5) is 5.69 Å². The van der Waals surface area contributed by atoms with Crippen molar-refractivity contribution in [2.45, 2.75) is 46.0 Å². The van der Waals surface area contributed by atoms with E-state index in [9.17, 15) is 0 Å². The second-order valence-electron chi connectivity index (χ2n) is 12.7. The number of fused-ring (bicyclic) bond motifs is 3. The van der Waals surface area contributed by atoms with Crippen LogP contribution in [-0.2, 0) is 18.3 Å². The summed E-state index contributed by atoms with van der Waals surface area (Å²) in [7, 11) is 0. The molecule has 216 valence electrons. The zero-order valence-electron chi connectivity index (χ0n) is 26.1. The summed E-state index contributed by atoms with van der Waals surface area (Å²) in [6.45, 7) is 8.86. The van der Waals surface area contributed by atoms with Crippen molar-refractivity contribution in [2.75, 3.05) is 5.73 Å². The predicted molar refractivity (Wildman–Crippen MR) is 188 cm³/mol. The van der Waals surface area contributed by atoms with Gasteiger partial charge in [0.1, 0.15) is 0 Å². The van der Waals surface area contributed by atoms with Gasteiger partial charge in [-0.05, 0) is 114 Å². The van der Waals surface area contributed by atoms with Gasteiger partial charge < -0.3 is 5.73 Å². The number of nitrogens with two attached hydrogens (primary N) is 1. The van der Waals surface area contributed by atoms with Crippen LogP contribution in [0.3, 0.4) is 0 Å². The molecule has 2 N–H and O–H groups in total. The summed E-state index contributed by atoms with van der Waals surface area (Å²) in [5, 5.41) is 2.66. The topological polar surface area (TPSA) is 26.0 Å². The molecular weight excluding hydrogens is 530 g/mol. The maximum absolute atomic E-state index is 6.16. The minimum absolute atomic E-state index is 0.286. The fraction of sp³-hybridized carbons (Fsp3) is 0.163. The van der Waals surface area contributed by atoms with E-state index in [1.54, 1.807) is 0 Å². The normalized spacial score (nSPS) is 15.8. The highest BCUT2D eigenvalue weighted by Gasteiger charge is 2.36. The second kappa shape index (κ2) is 11.0. The minimum Gasteiger partial charge on any atom is -0.399 e. The Morgan fingerprint density at radius 1 is 0.636 bits per heavy atom. The van der Waals surface area contributed by atoms with Crippen molar-refractivity contribution >= 4 is 22.5 Å². The molecule has 0 saturated heterocycles. The Balaban J connectivity index is 1.44. The molecule has 1 unspecified atom stereocenters. The lowest BCUT2D eigenvalue weighted by atomic mass is 9.65. The van der Waals surface area contributed by atoms with Gasteiger partial charge in [0, 0.05) is 11.1 Å². The zero-order valence-corrected chi connectivity index (χ0v) is 26.1. The highest BCUT2D eigenvalue weighted by molar-refractivity contribution is 6.04. The van der Waals surface area contributed by atoms with Gasteiger partial charge in [0.05, 0.1) is 0 Å². The van der Waals surface area contributed by atoms with Gasteiger partial charge in [0.15, 0.2) is 0 Å². The summed E-state index contributed by atoms with van der Waals surface area (Å²) in [5.41, 5.74) is 22.6. The number of nitrogen functional groups attached to an aromatic ring is 1. The second-order valence-corrected chi connectivity index (χ2v) is 12.7. The maximum atomic E-state index is 6.16. The van der Waals surface area contributed by atoms with Crippen LogP contribution in [0.1, 0.15) is 55.6 Å². The highest BCUT2D eigenvalue weighted by Crippen LogP contribution is 2.47. The first-order valence-electron chi connectivity index (χ1n) is 15.6. The molecule has 0 saturated carbocycles. The van der Waals surface area contributed by atoms with E-state index < -0.39 is 0 Å². The SMILES string of the molecule is Cc1ccc(C2(c3ccc(N)cc3)C=Cc3c(C)c(-c4ccccc4Cc4cc(C)cc(C)c4)c4ccccc4c3C2)cc1. The molecule has 0 spiro atoms. The van der Waals surface area contributed by atoms with Crippen LogP contribution in [0.5, 0.6) is 0 Å². The van der Waals surface area contributed by atoms with Gasteiger partial charge in [-0.15, -0.1) is 0 Å². The third kappa shape index (κ3) is 4.83. The monoisotopic (exact) mass is 569 g/mol. The van der Waals surface area contributed by atoms with E-state index in [0.717, 1.165) is 18.5 Å². The standard InChI is InChI=1S/C43H39N/c1-28-13-15-34(16-14-28)43(35-17-19-36(44)20-18-35)22-21-37-31(4)42(40-12-8-7-11-39(40)41(37)27-43)38-10-6-5-9-33(38)26-32-24-29(2)23-30(3)25-32/h5-25H,26-27,44H2,1-4H3. The molecule has 0 radical (unpaired) electrons. The number of rotatable bonds is 5. The Bertz CT molecular complexity index is 1980. The zero-order chi connectivity index (χ0) is 30.4. The van der Waals surface area contributed by atoms with Gasteiger partial charge in [-0.25, -0.2) is 0 Å². The van der Waals surface area contributed by atoms with Crippen molar-refractivity contribution in [3.63, 3.8) is 0 Å². The number of hydrogen-bond acceptors (Lipinski definition) is 1. The molecule has 0 aliphatic heterocycles. The van der Waals surface area contributed by atoms with Crippen molar-refractivity contribution < 1.29 is 0 Å². The van der Waals surface area contributed by atoms with Crippen molar-refractivity contribution in [3.8, 4) is 11.1 Å². The van der Waals surface area contributed by atoms with Crippen molar-refractivity contribution in [1.29, 1.82) is 0 Å². The molecule has 1 aliphatic rings. The molecule has 0 bridgehead atoms. The number of hydrogen-bond donors (Lipinski definition) is 1. The average Bonchev–Trinajstić information content (AvgIpc) is 3.02. The van der Waals surface area contributed by atoms with Crippen LogP contribution in [0, 0.1) is 27.7 Å². The summed E-state index contributed by atoms with van der Waals surface area (Å²) >= 11 is 0. The molecule has 0 aromatic heterocycles. The summed E-state index contributed by atoms with van der Waals surface area (Å²) in [6, 6.07) is 42.5. The molecule has 44 heavy (non-hydrogen) atoms. The predicted octanol–water partition coefficient (Wildman–Crippen LogP) is 10.5. The number of aryl methyl sites for hydroxylation is 3. The van der Waals surface area contributed by atoms with Gasteiger partial charge in [0.25, 0.3) is 0 Å². The van der Waals surface area contributed by atoms with Gasteiger partial charge in [-0.1, -0.05) is 132 Å². The van der Waals surface area contributed by atoms with Crippen LogP contribution < -0.4 is 5.73 Å². The van der Waals surface area contributed by atoms with Crippen LogP contribution >= 0.6 is 0 Å². The van der Waals surface area contributed by atoms with Crippen LogP contribution in [0.15, 0.2) is 121 Å². The fourth-order valence-corrected chi connectivity index (χ4v) is 7.50. The third-order valence-electron chi connectivity index (χ3n) is 9.57. The summed E-state index contributed by atoms with van der Waals surface area (Å²) < 4.78 is 0. The Morgan fingerprint density at radius 2 is 1.25 bits per heavy atom. The fourth-order valence-electron chi connectivity index (χ4n) is 7.50. The maximum Gasteiger partial charge on any atom is 0.0425 e. The molecule has 6 aromatic carbocycles. The first-order chi connectivity index (χ1) is 21.3. The lowest BCUT2D eigenvalue weighted by molar-refractivity contribution is 0.636.